The Morgan fingerprint density at radius 3 is 2.81 bits per heavy atom. The second kappa shape index (κ2) is 7.13. The molecule has 0 aliphatic rings. The van der Waals surface area contributed by atoms with Crippen LogP contribution >= 0.6 is 23.2 Å². The summed E-state index contributed by atoms with van der Waals surface area (Å²) in [6.07, 6.45) is 1.77. The van der Waals surface area contributed by atoms with Crippen molar-refractivity contribution in [1.29, 1.82) is 0 Å². The van der Waals surface area contributed by atoms with E-state index in [1.807, 2.05) is 6.07 Å². The van der Waals surface area contributed by atoms with Crippen molar-refractivity contribution in [1.82, 2.24) is 5.32 Å². The first kappa shape index (κ1) is 13.8. The van der Waals surface area contributed by atoms with E-state index in [1.54, 1.807) is 12.1 Å². The van der Waals surface area contributed by atoms with Crippen molar-refractivity contribution in [3.8, 4) is 0 Å². The fourth-order valence-corrected chi connectivity index (χ4v) is 1.84. The summed E-state index contributed by atoms with van der Waals surface area (Å²) in [7, 11) is 0. The van der Waals surface area contributed by atoms with Gasteiger partial charge in [-0.2, -0.15) is 0 Å². The van der Waals surface area contributed by atoms with Gasteiger partial charge in [0.1, 0.15) is 0 Å². The molecule has 0 heterocycles. The number of nitrogens with one attached hydrogen (secondary N) is 1. The van der Waals surface area contributed by atoms with E-state index in [0.717, 1.165) is 23.4 Å². The van der Waals surface area contributed by atoms with E-state index in [-0.39, 0.29) is 6.61 Å². The molecule has 1 aromatic rings. The number of aliphatic hydroxyl groups excluding tert-OH is 1. The molecule has 2 N–H and O–H groups in total. The normalized spacial score (nSPS) is 12.8. The van der Waals surface area contributed by atoms with Crippen LogP contribution in [-0.4, -0.2) is 17.8 Å². The zero-order chi connectivity index (χ0) is 12.0. The zero-order valence-electron chi connectivity index (χ0n) is 9.34. The molecule has 0 spiro atoms. The first-order chi connectivity index (χ1) is 7.63. The van der Waals surface area contributed by atoms with Crippen molar-refractivity contribution in [3.05, 3.63) is 33.8 Å². The summed E-state index contributed by atoms with van der Waals surface area (Å²) >= 11 is 11.9. The van der Waals surface area contributed by atoms with E-state index >= 15 is 0 Å². The maximum absolute atomic E-state index is 8.71. The molecule has 2 nitrogen and oxygen atoms in total. The SMILES string of the molecule is CC(CCCO)NCc1cc(Cl)ccc1Cl. The molecule has 0 fully saturated rings. The molecule has 0 saturated carbocycles. The van der Waals surface area contributed by atoms with E-state index < -0.39 is 0 Å². The summed E-state index contributed by atoms with van der Waals surface area (Å²) in [5.41, 5.74) is 1.00. The van der Waals surface area contributed by atoms with Gasteiger partial charge >= 0.3 is 0 Å². The second-order valence-electron chi connectivity index (χ2n) is 3.88. The van der Waals surface area contributed by atoms with Crippen LogP contribution in [0.15, 0.2) is 18.2 Å². The maximum atomic E-state index is 8.71. The van der Waals surface area contributed by atoms with Crippen molar-refractivity contribution >= 4 is 23.2 Å². The Balaban J connectivity index is 2.44. The average molecular weight is 262 g/mol. The van der Waals surface area contributed by atoms with E-state index in [4.69, 9.17) is 28.3 Å². The van der Waals surface area contributed by atoms with Gasteiger partial charge in [-0.3, -0.25) is 0 Å². The molecule has 4 heteroatoms. The molecular formula is C12H17Cl2NO. The largest absolute Gasteiger partial charge is 0.396 e. The highest BCUT2D eigenvalue weighted by Crippen LogP contribution is 2.20. The summed E-state index contributed by atoms with van der Waals surface area (Å²) in [6.45, 7) is 3.03. The molecule has 0 saturated heterocycles. The highest BCUT2D eigenvalue weighted by molar-refractivity contribution is 6.33. The number of rotatable bonds is 6. The minimum absolute atomic E-state index is 0.240. The Kier molecular flexibility index (Phi) is 6.14. The van der Waals surface area contributed by atoms with Crippen molar-refractivity contribution in [3.63, 3.8) is 0 Å². The van der Waals surface area contributed by atoms with Gasteiger partial charge in [0.15, 0.2) is 0 Å². The van der Waals surface area contributed by atoms with Crippen LogP contribution in [0.1, 0.15) is 25.3 Å². The van der Waals surface area contributed by atoms with Crippen molar-refractivity contribution < 1.29 is 5.11 Å². The third kappa shape index (κ3) is 4.71. The van der Waals surface area contributed by atoms with E-state index in [2.05, 4.69) is 12.2 Å². The topological polar surface area (TPSA) is 32.3 Å². The number of hydrogen-bond donors (Lipinski definition) is 2. The lowest BCUT2D eigenvalue weighted by atomic mass is 10.1. The van der Waals surface area contributed by atoms with Crippen LogP contribution < -0.4 is 5.32 Å². The fraction of sp³-hybridized carbons (Fsp3) is 0.500. The highest BCUT2D eigenvalue weighted by atomic mass is 35.5. The summed E-state index contributed by atoms with van der Waals surface area (Å²) in [4.78, 5) is 0. The van der Waals surface area contributed by atoms with Crippen molar-refractivity contribution in [2.75, 3.05) is 6.61 Å². The quantitative estimate of drug-likeness (QED) is 0.824. The van der Waals surface area contributed by atoms with Gasteiger partial charge in [0.25, 0.3) is 0 Å². The summed E-state index contributed by atoms with van der Waals surface area (Å²) < 4.78 is 0. The van der Waals surface area contributed by atoms with Crippen LogP contribution in [0.2, 0.25) is 10.0 Å². The Bertz CT molecular complexity index is 331. The summed E-state index contributed by atoms with van der Waals surface area (Å²) in [6, 6.07) is 5.82. The van der Waals surface area contributed by atoms with Gasteiger partial charge in [-0.1, -0.05) is 23.2 Å². The van der Waals surface area contributed by atoms with Crippen LogP contribution in [0, 0.1) is 0 Å². The lowest BCUT2D eigenvalue weighted by Crippen LogP contribution is -2.25. The minimum Gasteiger partial charge on any atom is -0.396 e. The molecule has 1 atom stereocenters. The van der Waals surface area contributed by atoms with Gasteiger partial charge in [0.05, 0.1) is 0 Å². The number of aliphatic hydroxyl groups is 1. The molecule has 0 aromatic heterocycles. The molecule has 0 amide bonds. The van der Waals surface area contributed by atoms with Gasteiger partial charge in [-0.15, -0.1) is 0 Å². The number of benzene rings is 1. The first-order valence-electron chi connectivity index (χ1n) is 5.41. The molecule has 16 heavy (non-hydrogen) atoms. The predicted octanol–water partition coefficient (Wildman–Crippen LogP) is 3.24. The van der Waals surface area contributed by atoms with Crippen LogP contribution in [0.25, 0.3) is 0 Å². The molecule has 1 unspecified atom stereocenters. The van der Waals surface area contributed by atoms with E-state index in [0.29, 0.717) is 17.6 Å². The molecule has 90 valence electrons. The highest BCUT2D eigenvalue weighted by Gasteiger charge is 2.04. The zero-order valence-corrected chi connectivity index (χ0v) is 10.9. The smallest absolute Gasteiger partial charge is 0.0451 e. The van der Waals surface area contributed by atoms with Gasteiger partial charge in [-0.25, -0.2) is 0 Å². The Labute approximate surface area is 107 Å². The lowest BCUT2D eigenvalue weighted by Gasteiger charge is -2.14. The fourth-order valence-electron chi connectivity index (χ4n) is 1.46. The van der Waals surface area contributed by atoms with Crippen LogP contribution in [0.3, 0.4) is 0 Å². The monoisotopic (exact) mass is 261 g/mol. The molecule has 1 rings (SSSR count). The van der Waals surface area contributed by atoms with Gasteiger partial charge < -0.3 is 10.4 Å². The molecular weight excluding hydrogens is 245 g/mol. The second-order valence-corrected chi connectivity index (χ2v) is 4.73. The van der Waals surface area contributed by atoms with Gasteiger partial charge in [0.2, 0.25) is 0 Å². The van der Waals surface area contributed by atoms with Gasteiger partial charge in [-0.05, 0) is 43.5 Å². The van der Waals surface area contributed by atoms with E-state index in [9.17, 15) is 0 Å². The molecule has 1 aromatic carbocycles. The standard InChI is InChI=1S/C12H17Cl2NO/c1-9(3-2-6-16)15-8-10-7-11(13)4-5-12(10)14/h4-5,7,9,15-16H,2-3,6,8H2,1H3. The Morgan fingerprint density at radius 2 is 2.12 bits per heavy atom. The molecule has 0 radical (unpaired) electrons. The summed E-state index contributed by atoms with van der Waals surface area (Å²) in [5.74, 6) is 0. The Morgan fingerprint density at radius 1 is 1.38 bits per heavy atom. The molecule has 0 bridgehead atoms. The van der Waals surface area contributed by atoms with Crippen LogP contribution in [-0.2, 0) is 6.54 Å². The maximum Gasteiger partial charge on any atom is 0.0451 e. The number of halogens is 2. The third-order valence-corrected chi connectivity index (χ3v) is 3.05. The average Bonchev–Trinajstić information content (AvgIpc) is 2.27. The first-order valence-corrected chi connectivity index (χ1v) is 6.17. The van der Waals surface area contributed by atoms with Crippen LogP contribution in [0.4, 0.5) is 0 Å². The predicted molar refractivity (Wildman–Crippen MR) is 69.1 cm³/mol. The Hall–Kier alpha value is -0.280. The number of hydrogen-bond acceptors (Lipinski definition) is 2. The van der Waals surface area contributed by atoms with Crippen molar-refractivity contribution in [2.24, 2.45) is 0 Å². The van der Waals surface area contributed by atoms with Gasteiger partial charge in [0, 0.05) is 29.2 Å². The van der Waals surface area contributed by atoms with E-state index in [1.165, 1.54) is 0 Å². The third-order valence-electron chi connectivity index (χ3n) is 2.44. The lowest BCUT2D eigenvalue weighted by molar-refractivity contribution is 0.276. The molecule has 0 aliphatic carbocycles. The summed E-state index contributed by atoms with van der Waals surface area (Å²) in [5, 5.41) is 13.5. The minimum atomic E-state index is 0.240. The molecule has 0 aliphatic heterocycles. The van der Waals surface area contributed by atoms with Crippen LogP contribution in [0.5, 0.6) is 0 Å². The van der Waals surface area contributed by atoms with Crippen molar-refractivity contribution in [2.45, 2.75) is 32.4 Å².